The molecule has 0 aromatic heterocycles. The number of hydrogen-bond acceptors (Lipinski definition) is 1. The van der Waals surface area contributed by atoms with Gasteiger partial charge in [-0.05, 0) is 31.0 Å². The molecule has 0 saturated carbocycles. The van der Waals surface area contributed by atoms with Gasteiger partial charge in [0.05, 0.1) is 5.56 Å². The minimum Gasteiger partial charge on any atom is -0.334 e. The van der Waals surface area contributed by atoms with Gasteiger partial charge in [-0.2, -0.15) is 0 Å². The fraction of sp³-hybridized carbons (Fsp3) is 0.316. The SMILES string of the molecule is CCCCN(Cc1ccc(C)cc1)C(=O)c1ccccc1F. The molecule has 3 heteroatoms. The monoisotopic (exact) mass is 299 g/mol. The Labute approximate surface area is 131 Å². The van der Waals surface area contributed by atoms with Crippen molar-refractivity contribution in [3.8, 4) is 0 Å². The van der Waals surface area contributed by atoms with Gasteiger partial charge in [-0.1, -0.05) is 55.3 Å². The lowest BCUT2D eigenvalue weighted by Gasteiger charge is -2.23. The van der Waals surface area contributed by atoms with Crippen molar-refractivity contribution in [3.63, 3.8) is 0 Å². The fourth-order valence-electron chi connectivity index (χ4n) is 2.32. The molecule has 1 amide bonds. The molecule has 0 fully saturated rings. The number of nitrogens with zero attached hydrogens (tertiary/aromatic N) is 1. The molecular weight excluding hydrogens is 277 g/mol. The molecular formula is C19H22FNO. The molecule has 0 atom stereocenters. The van der Waals surface area contributed by atoms with Crippen LogP contribution in [0, 0.1) is 12.7 Å². The zero-order valence-electron chi connectivity index (χ0n) is 13.2. The molecule has 0 N–H and O–H groups in total. The molecule has 0 heterocycles. The Morgan fingerprint density at radius 1 is 1.09 bits per heavy atom. The van der Waals surface area contributed by atoms with Crippen LogP contribution >= 0.6 is 0 Å². The molecule has 0 aliphatic carbocycles. The molecule has 2 aromatic carbocycles. The van der Waals surface area contributed by atoms with E-state index in [0.29, 0.717) is 13.1 Å². The van der Waals surface area contributed by atoms with Crippen LogP contribution in [0.3, 0.4) is 0 Å². The van der Waals surface area contributed by atoms with Crippen LogP contribution in [0.1, 0.15) is 41.3 Å². The van der Waals surface area contributed by atoms with Crippen molar-refractivity contribution in [2.24, 2.45) is 0 Å². The fourth-order valence-corrected chi connectivity index (χ4v) is 2.32. The van der Waals surface area contributed by atoms with Gasteiger partial charge in [0.25, 0.3) is 5.91 Å². The van der Waals surface area contributed by atoms with E-state index < -0.39 is 5.82 Å². The summed E-state index contributed by atoms with van der Waals surface area (Å²) in [7, 11) is 0. The maximum Gasteiger partial charge on any atom is 0.257 e. The van der Waals surface area contributed by atoms with Gasteiger partial charge in [0.15, 0.2) is 0 Å². The third-order valence-corrected chi connectivity index (χ3v) is 3.67. The molecule has 22 heavy (non-hydrogen) atoms. The van der Waals surface area contributed by atoms with Crippen molar-refractivity contribution in [2.75, 3.05) is 6.54 Å². The number of carbonyl (C=O) groups is 1. The van der Waals surface area contributed by atoms with Gasteiger partial charge < -0.3 is 4.90 Å². The lowest BCUT2D eigenvalue weighted by atomic mass is 10.1. The molecule has 2 aromatic rings. The van der Waals surface area contributed by atoms with Crippen molar-refractivity contribution in [1.82, 2.24) is 4.90 Å². The topological polar surface area (TPSA) is 20.3 Å². The summed E-state index contributed by atoms with van der Waals surface area (Å²) in [4.78, 5) is 14.4. The van der Waals surface area contributed by atoms with Crippen LogP contribution in [0.4, 0.5) is 4.39 Å². The maximum atomic E-state index is 13.9. The summed E-state index contributed by atoms with van der Waals surface area (Å²) in [5.41, 5.74) is 2.39. The number of hydrogen-bond donors (Lipinski definition) is 0. The summed E-state index contributed by atoms with van der Waals surface area (Å²) in [6.45, 7) is 5.26. The number of benzene rings is 2. The zero-order valence-corrected chi connectivity index (χ0v) is 13.2. The van der Waals surface area contributed by atoms with E-state index >= 15 is 0 Å². The number of rotatable bonds is 6. The highest BCUT2D eigenvalue weighted by atomic mass is 19.1. The molecule has 2 rings (SSSR count). The minimum atomic E-state index is -0.460. The average Bonchev–Trinajstić information content (AvgIpc) is 2.53. The highest BCUT2D eigenvalue weighted by Gasteiger charge is 2.18. The van der Waals surface area contributed by atoms with Gasteiger partial charge in [0.1, 0.15) is 5.82 Å². The van der Waals surface area contributed by atoms with Gasteiger partial charge in [-0.25, -0.2) is 4.39 Å². The van der Waals surface area contributed by atoms with Gasteiger partial charge in [0.2, 0.25) is 0 Å². The van der Waals surface area contributed by atoms with E-state index in [2.05, 4.69) is 6.92 Å². The predicted octanol–water partition coefficient (Wildman–Crippen LogP) is 4.58. The number of aryl methyl sites for hydroxylation is 1. The van der Waals surface area contributed by atoms with Crippen molar-refractivity contribution < 1.29 is 9.18 Å². The molecule has 0 radical (unpaired) electrons. The first-order chi connectivity index (χ1) is 10.6. The molecule has 0 unspecified atom stereocenters. The van der Waals surface area contributed by atoms with E-state index in [4.69, 9.17) is 0 Å². The Morgan fingerprint density at radius 2 is 1.77 bits per heavy atom. The third-order valence-electron chi connectivity index (χ3n) is 3.67. The number of unbranched alkanes of at least 4 members (excludes halogenated alkanes) is 1. The highest BCUT2D eigenvalue weighted by molar-refractivity contribution is 5.94. The van der Waals surface area contributed by atoms with Crippen LogP contribution in [0.15, 0.2) is 48.5 Å². The Balaban J connectivity index is 2.20. The largest absolute Gasteiger partial charge is 0.334 e. The van der Waals surface area contributed by atoms with Crippen molar-refractivity contribution in [1.29, 1.82) is 0 Å². The lowest BCUT2D eigenvalue weighted by molar-refractivity contribution is 0.0736. The first-order valence-electron chi connectivity index (χ1n) is 7.71. The van der Waals surface area contributed by atoms with E-state index in [1.165, 1.54) is 11.6 Å². The second-order valence-electron chi connectivity index (χ2n) is 5.55. The number of carbonyl (C=O) groups excluding carboxylic acids is 1. The Kier molecular flexibility index (Phi) is 5.70. The predicted molar refractivity (Wildman–Crippen MR) is 87.2 cm³/mol. The van der Waals surface area contributed by atoms with Crippen LogP contribution in [0.25, 0.3) is 0 Å². The summed E-state index contributed by atoms with van der Waals surface area (Å²) in [5, 5.41) is 0. The van der Waals surface area contributed by atoms with E-state index in [-0.39, 0.29) is 11.5 Å². The van der Waals surface area contributed by atoms with Crippen molar-refractivity contribution >= 4 is 5.91 Å². The van der Waals surface area contributed by atoms with Crippen molar-refractivity contribution in [3.05, 3.63) is 71.0 Å². The third kappa shape index (κ3) is 4.17. The lowest BCUT2D eigenvalue weighted by Crippen LogP contribution is -2.32. The summed E-state index contributed by atoms with van der Waals surface area (Å²) in [5.74, 6) is -0.704. The van der Waals surface area contributed by atoms with E-state index in [0.717, 1.165) is 18.4 Å². The molecule has 0 saturated heterocycles. The quantitative estimate of drug-likeness (QED) is 0.764. The second kappa shape index (κ2) is 7.74. The maximum absolute atomic E-state index is 13.9. The summed E-state index contributed by atoms with van der Waals surface area (Å²) in [6, 6.07) is 14.3. The van der Waals surface area contributed by atoms with Crippen LogP contribution in [-0.2, 0) is 6.54 Å². The van der Waals surface area contributed by atoms with Gasteiger partial charge in [-0.3, -0.25) is 4.79 Å². The first-order valence-corrected chi connectivity index (χ1v) is 7.71. The second-order valence-corrected chi connectivity index (χ2v) is 5.55. The minimum absolute atomic E-state index is 0.144. The van der Waals surface area contributed by atoms with Crippen molar-refractivity contribution in [2.45, 2.75) is 33.2 Å². The van der Waals surface area contributed by atoms with Crippen LogP contribution in [-0.4, -0.2) is 17.4 Å². The van der Waals surface area contributed by atoms with Gasteiger partial charge in [-0.15, -0.1) is 0 Å². The van der Waals surface area contributed by atoms with Gasteiger partial charge in [0, 0.05) is 13.1 Å². The van der Waals surface area contributed by atoms with E-state index in [1.54, 1.807) is 23.1 Å². The van der Waals surface area contributed by atoms with Gasteiger partial charge >= 0.3 is 0 Å². The molecule has 116 valence electrons. The summed E-state index contributed by atoms with van der Waals surface area (Å²) < 4.78 is 13.9. The Bertz CT molecular complexity index is 622. The van der Waals surface area contributed by atoms with Crippen LogP contribution < -0.4 is 0 Å². The summed E-state index contributed by atoms with van der Waals surface area (Å²) >= 11 is 0. The smallest absolute Gasteiger partial charge is 0.257 e. The highest BCUT2D eigenvalue weighted by Crippen LogP contribution is 2.14. The summed E-state index contributed by atoms with van der Waals surface area (Å²) in [6.07, 6.45) is 1.90. The number of halogens is 1. The normalized spacial score (nSPS) is 10.5. The standard InChI is InChI=1S/C19H22FNO/c1-3-4-13-21(14-16-11-9-15(2)10-12-16)19(22)17-7-5-6-8-18(17)20/h5-12H,3-4,13-14H2,1-2H3. The Morgan fingerprint density at radius 3 is 2.41 bits per heavy atom. The van der Waals surface area contributed by atoms with E-state index in [1.807, 2.05) is 31.2 Å². The average molecular weight is 299 g/mol. The number of amides is 1. The molecule has 0 bridgehead atoms. The zero-order chi connectivity index (χ0) is 15.9. The van der Waals surface area contributed by atoms with E-state index in [9.17, 15) is 9.18 Å². The molecule has 0 aliphatic rings. The molecule has 0 spiro atoms. The molecule has 0 aliphatic heterocycles. The first kappa shape index (κ1) is 16.2. The van der Waals surface area contributed by atoms with Crippen LogP contribution in [0.5, 0.6) is 0 Å². The van der Waals surface area contributed by atoms with Crippen LogP contribution in [0.2, 0.25) is 0 Å². The Hall–Kier alpha value is -2.16. The molecule has 2 nitrogen and oxygen atoms in total.